The van der Waals surface area contributed by atoms with Crippen molar-refractivity contribution in [3.05, 3.63) is 47.2 Å². The van der Waals surface area contributed by atoms with Gasteiger partial charge < -0.3 is 10.4 Å². The molecule has 2 unspecified atom stereocenters. The minimum absolute atomic E-state index is 0.0270. The number of H-pyrrole nitrogens is 1. The molecule has 2 aliphatic rings. The molecule has 0 radical (unpaired) electrons. The van der Waals surface area contributed by atoms with E-state index in [1.165, 1.54) is 28.4 Å². The zero-order valence-corrected chi connectivity index (χ0v) is 17.4. The van der Waals surface area contributed by atoms with Crippen LogP contribution in [-0.2, 0) is 20.8 Å². The maximum Gasteiger partial charge on any atom is 0.352 e. The third-order valence-corrected chi connectivity index (χ3v) is 7.15. The zero-order chi connectivity index (χ0) is 21.3. The van der Waals surface area contributed by atoms with Gasteiger partial charge in [-0.2, -0.15) is 5.21 Å². The first-order chi connectivity index (χ1) is 14.5. The lowest BCUT2D eigenvalue weighted by molar-refractivity contribution is -0.150. The van der Waals surface area contributed by atoms with Crippen LogP contribution in [0.5, 0.6) is 0 Å². The Bertz CT molecular complexity index is 997. The molecular formula is C18H18N6O4S2. The quantitative estimate of drug-likeness (QED) is 0.413. The topological polar surface area (TPSA) is 141 Å². The van der Waals surface area contributed by atoms with Crippen LogP contribution in [0.1, 0.15) is 12.5 Å². The van der Waals surface area contributed by atoms with Gasteiger partial charge in [-0.3, -0.25) is 14.5 Å². The number of nitrogens with zero attached hydrogens (tertiary/aromatic N) is 4. The average Bonchev–Trinajstić information content (AvgIpc) is 3.24. The number of benzene rings is 1. The van der Waals surface area contributed by atoms with Crippen LogP contribution in [0.15, 0.2) is 46.8 Å². The van der Waals surface area contributed by atoms with Gasteiger partial charge in [-0.05, 0) is 23.3 Å². The van der Waals surface area contributed by atoms with Gasteiger partial charge in [0.15, 0.2) is 0 Å². The van der Waals surface area contributed by atoms with Crippen LogP contribution in [0.2, 0.25) is 0 Å². The highest BCUT2D eigenvalue weighted by molar-refractivity contribution is 8.01. The molecule has 1 aromatic heterocycles. The fourth-order valence-electron chi connectivity index (χ4n) is 3.39. The Morgan fingerprint density at radius 1 is 1.40 bits per heavy atom. The van der Waals surface area contributed by atoms with E-state index in [9.17, 15) is 19.5 Å². The predicted molar refractivity (Wildman–Crippen MR) is 109 cm³/mol. The molecule has 156 valence electrons. The van der Waals surface area contributed by atoms with Crippen molar-refractivity contribution in [2.45, 2.75) is 35.2 Å². The van der Waals surface area contributed by atoms with Crippen LogP contribution in [0.4, 0.5) is 0 Å². The van der Waals surface area contributed by atoms with Crippen molar-refractivity contribution < 1.29 is 19.5 Å². The van der Waals surface area contributed by atoms with E-state index in [1.807, 2.05) is 37.3 Å². The number of carboxylic acids is 1. The SMILES string of the molecule is CC(Sc1nn[nH]n1)C1=C(C(=O)O)N2C(=O)C(NC(=O)Cc3ccccc3)[C@@H]2SC1. The molecule has 3 heterocycles. The highest BCUT2D eigenvalue weighted by atomic mass is 32.2. The lowest BCUT2D eigenvalue weighted by Gasteiger charge is -2.50. The molecule has 3 atom stereocenters. The van der Waals surface area contributed by atoms with Crippen LogP contribution in [-0.4, -0.2) is 70.8 Å². The van der Waals surface area contributed by atoms with Crippen molar-refractivity contribution in [1.82, 2.24) is 30.8 Å². The first kappa shape index (κ1) is 20.4. The number of tetrazole rings is 1. The maximum atomic E-state index is 12.7. The van der Waals surface area contributed by atoms with E-state index >= 15 is 0 Å². The Hall–Kier alpha value is -2.86. The van der Waals surface area contributed by atoms with Gasteiger partial charge in [-0.15, -0.1) is 22.0 Å². The average molecular weight is 447 g/mol. The molecule has 30 heavy (non-hydrogen) atoms. The van der Waals surface area contributed by atoms with Crippen molar-refractivity contribution in [2.24, 2.45) is 0 Å². The number of β-lactam (4-membered cyclic amide) rings is 1. The first-order valence-corrected chi connectivity index (χ1v) is 11.0. The van der Waals surface area contributed by atoms with Gasteiger partial charge in [-0.1, -0.05) is 42.1 Å². The third-order valence-electron chi connectivity index (χ3n) is 4.82. The number of carbonyl (C=O) groups excluding carboxylic acids is 2. The number of rotatable bonds is 7. The lowest BCUT2D eigenvalue weighted by atomic mass is 10.0. The normalized spacial score (nSPS) is 21.6. The number of thioether (sulfide) groups is 2. The molecule has 3 N–H and O–H groups in total. The third kappa shape index (κ3) is 3.92. The highest BCUT2D eigenvalue weighted by Crippen LogP contribution is 2.43. The molecule has 1 saturated heterocycles. The van der Waals surface area contributed by atoms with Crippen molar-refractivity contribution in [3.8, 4) is 0 Å². The Balaban J connectivity index is 1.47. The van der Waals surface area contributed by atoms with Crippen LogP contribution < -0.4 is 5.32 Å². The number of aliphatic carboxylic acids is 1. The summed E-state index contributed by atoms with van der Waals surface area (Å²) in [5.74, 6) is -1.43. The van der Waals surface area contributed by atoms with Crippen LogP contribution in [0.25, 0.3) is 0 Å². The minimum Gasteiger partial charge on any atom is -0.477 e. The van der Waals surface area contributed by atoms with Crippen molar-refractivity contribution in [1.29, 1.82) is 0 Å². The lowest BCUT2D eigenvalue weighted by Crippen LogP contribution is -2.70. The number of hydrogen-bond acceptors (Lipinski definition) is 8. The molecule has 1 fully saturated rings. The van der Waals surface area contributed by atoms with Gasteiger partial charge in [0.2, 0.25) is 11.1 Å². The number of hydrogen-bond donors (Lipinski definition) is 3. The summed E-state index contributed by atoms with van der Waals surface area (Å²) >= 11 is 2.70. The summed E-state index contributed by atoms with van der Waals surface area (Å²) in [5, 5.41) is 25.8. The molecule has 0 aliphatic carbocycles. The number of amides is 2. The second kappa shape index (κ2) is 8.48. The largest absolute Gasteiger partial charge is 0.477 e. The number of carboxylic acid groups (broad SMARTS) is 1. The molecule has 2 amide bonds. The number of aromatic amines is 1. The summed E-state index contributed by atoms with van der Waals surface area (Å²) in [7, 11) is 0. The second-order valence-corrected chi connectivity index (χ2v) is 9.16. The van der Waals surface area contributed by atoms with Gasteiger partial charge in [0, 0.05) is 11.0 Å². The summed E-state index contributed by atoms with van der Waals surface area (Å²) in [6.45, 7) is 1.84. The maximum absolute atomic E-state index is 12.7. The van der Waals surface area contributed by atoms with E-state index < -0.39 is 23.3 Å². The summed E-state index contributed by atoms with van der Waals surface area (Å²) in [4.78, 5) is 38.3. The fraction of sp³-hybridized carbons (Fsp3) is 0.333. The molecule has 0 bridgehead atoms. The van der Waals surface area contributed by atoms with E-state index in [1.54, 1.807) is 0 Å². The van der Waals surface area contributed by atoms with E-state index in [2.05, 4.69) is 25.9 Å². The molecule has 0 saturated carbocycles. The number of nitrogens with one attached hydrogen (secondary N) is 2. The van der Waals surface area contributed by atoms with Gasteiger partial charge in [-0.25, -0.2) is 4.79 Å². The second-order valence-electron chi connectivity index (χ2n) is 6.75. The molecule has 2 aliphatic heterocycles. The van der Waals surface area contributed by atoms with E-state index in [4.69, 9.17) is 0 Å². The zero-order valence-electron chi connectivity index (χ0n) is 15.8. The number of carbonyl (C=O) groups is 3. The molecule has 12 heteroatoms. The Morgan fingerprint density at radius 2 is 2.17 bits per heavy atom. The van der Waals surface area contributed by atoms with Crippen molar-refractivity contribution >= 4 is 41.3 Å². The summed E-state index contributed by atoms with van der Waals surface area (Å²) in [6.07, 6.45) is 0.160. The predicted octanol–water partition coefficient (Wildman–Crippen LogP) is 0.662. The summed E-state index contributed by atoms with van der Waals surface area (Å²) < 4.78 is 0. The van der Waals surface area contributed by atoms with Crippen LogP contribution in [0.3, 0.4) is 0 Å². The molecular weight excluding hydrogens is 428 g/mol. The Kier molecular flexibility index (Phi) is 5.77. The smallest absolute Gasteiger partial charge is 0.352 e. The first-order valence-electron chi connectivity index (χ1n) is 9.10. The molecule has 4 rings (SSSR count). The molecule has 10 nitrogen and oxygen atoms in total. The van der Waals surface area contributed by atoms with Crippen LogP contribution >= 0.6 is 23.5 Å². The Labute approximate surface area is 179 Å². The molecule has 1 aromatic carbocycles. The van der Waals surface area contributed by atoms with Gasteiger partial charge in [0.25, 0.3) is 5.91 Å². The van der Waals surface area contributed by atoms with E-state index in [0.717, 1.165) is 5.56 Å². The highest BCUT2D eigenvalue weighted by Gasteiger charge is 2.54. The number of fused-ring (bicyclic) bond motifs is 1. The van der Waals surface area contributed by atoms with Gasteiger partial charge >= 0.3 is 5.97 Å². The van der Waals surface area contributed by atoms with Crippen LogP contribution in [0, 0.1) is 0 Å². The van der Waals surface area contributed by atoms with Gasteiger partial charge in [0.05, 0.1) is 6.42 Å². The minimum atomic E-state index is -1.17. The summed E-state index contributed by atoms with van der Waals surface area (Å²) in [6, 6.07) is 8.49. The van der Waals surface area contributed by atoms with E-state index in [0.29, 0.717) is 16.5 Å². The summed E-state index contributed by atoms with van der Waals surface area (Å²) in [5.41, 5.74) is 1.43. The molecule has 0 spiro atoms. The fourth-order valence-corrected chi connectivity index (χ4v) is 5.80. The standard InChI is InChI=1S/C18H18N6O4S2/c1-9(30-18-20-22-23-21-18)11-8-29-16-13(15(26)24(16)14(11)17(27)28)19-12(25)7-10-5-3-2-4-6-10/h2-6,9,13,16H,7-8H2,1H3,(H,19,25)(H,27,28)(H,20,21,22,23)/t9?,13?,16-/m0/s1. The van der Waals surface area contributed by atoms with Gasteiger partial charge in [0.1, 0.15) is 17.1 Å². The van der Waals surface area contributed by atoms with Crippen molar-refractivity contribution in [2.75, 3.05) is 5.75 Å². The molecule has 2 aromatic rings. The van der Waals surface area contributed by atoms with Crippen molar-refractivity contribution in [3.63, 3.8) is 0 Å². The van der Waals surface area contributed by atoms with E-state index in [-0.39, 0.29) is 23.3 Å². The monoisotopic (exact) mass is 446 g/mol. The number of aromatic nitrogens is 4. The Morgan fingerprint density at radius 3 is 2.83 bits per heavy atom.